The number of carboxylic acids is 1. The van der Waals surface area contributed by atoms with Crippen LogP contribution in [0.25, 0.3) is 0 Å². The standard InChI is InChI=1S/C13H13ClN4O3S/c1-6-5-22-11(10(6)14)12(19)18-4-9-16-15-7(2)17(9)3-8(18)13(20)21/h5,8H,3-4H2,1-2H3,(H,20,21). The molecule has 1 atom stereocenters. The molecule has 0 aliphatic carbocycles. The highest BCUT2D eigenvalue weighted by Gasteiger charge is 2.37. The van der Waals surface area contributed by atoms with Crippen molar-refractivity contribution in [3.63, 3.8) is 0 Å². The van der Waals surface area contributed by atoms with Gasteiger partial charge in [-0.25, -0.2) is 4.79 Å². The van der Waals surface area contributed by atoms with Crippen molar-refractivity contribution >= 4 is 34.8 Å². The van der Waals surface area contributed by atoms with Gasteiger partial charge in [0.25, 0.3) is 5.91 Å². The van der Waals surface area contributed by atoms with Gasteiger partial charge < -0.3 is 14.6 Å². The number of rotatable bonds is 2. The highest BCUT2D eigenvalue weighted by Crippen LogP contribution is 2.30. The second-order valence-electron chi connectivity index (χ2n) is 5.12. The molecular weight excluding hydrogens is 328 g/mol. The van der Waals surface area contributed by atoms with Crippen molar-refractivity contribution in [1.29, 1.82) is 0 Å². The number of carbonyl (C=O) groups excluding carboxylic acids is 1. The Morgan fingerprint density at radius 3 is 2.73 bits per heavy atom. The zero-order valence-electron chi connectivity index (χ0n) is 11.9. The van der Waals surface area contributed by atoms with Gasteiger partial charge in [-0.15, -0.1) is 21.5 Å². The summed E-state index contributed by atoms with van der Waals surface area (Å²) in [5.74, 6) is -0.231. The first-order valence-electron chi connectivity index (χ1n) is 6.56. The van der Waals surface area contributed by atoms with Gasteiger partial charge in [-0.05, 0) is 24.8 Å². The number of fused-ring (bicyclic) bond motifs is 1. The average molecular weight is 341 g/mol. The van der Waals surface area contributed by atoms with E-state index < -0.39 is 12.0 Å². The number of hydrogen-bond acceptors (Lipinski definition) is 5. The summed E-state index contributed by atoms with van der Waals surface area (Å²) in [6.45, 7) is 3.80. The molecule has 1 amide bonds. The highest BCUT2D eigenvalue weighted by molar-refractivity contribution is 7.13. The van der Waals surface area contributed by atoms with Crippen LogP contribution in [0.4, 0.5) is 0 Å². The zero-order valence-corrected chi connectivity index (χ0v) is 13.5. The fourth-order valence-electron chi connectivity index (χ4n) is 2.44. The van der Waals surface area contributed by atoms with Crippen LogP contribution in [-0.4, -0.2) is 42.7 Å². The van der Waals surface area contributed by atoms with Crippen LogP contribution in [0.15, 0.2) is 5.38 Å². The molecule has 1 unspecified atom stereocenters. The van der Waals surface area contributed by atoms with E-state index in [1.807, 2.05) is 0 Å². The third-order valence-corrected chi connectivity index (χ3v) is 5.38. The summed E-state index contributed by atoms with van der Waals surface area (Å²) in [5, 5.41) is 19.6. The molecule has 0 spiro atoms. The smallest absolute Gasteiger partial charge is 0.328 e. The molecule has 0 fully saturated rings. The quantitative estimate of drug-likeness (QED) is 0.899. The van der Waals surface area contributed by atoms with E-state index in [0.717, 1.165) is 5.56 Å². The Labute approximate surface area is 135 Å². The normalized spacial score (nSPS) is 17.4. The third-order valence-electron chi connectivity index (χ3n) is 3.70. The minimum atomic E-state index is -1.06. The Hall–Kier alpha value is -1.93. The molecule has 0 aromatic carbocycles. The molecule has 3 heterocycles. The summed E-state index contributed by atoms with van der Waals surface area (Å²) in [5.41, 5.74) is 0.804. The van der Waals surface area contributed by atoms with Gasteiger partial charge in [-0.2, -0.15) is 0 Å². The second kappa shape index (κ2) is 5.36. The summed E-state index contributed by atoms with van der Waals surface area (Å²) in [6.07, 6.45) is 0. The number of carbonyl (C=O) groups is 2. The average Bonchev–Trinajstić information content (AvgIpc) is 3.01. The van der Waals surface area contributed by atoms with Crippen molar-refractivity contribution in [3.8, 4) is 0 Å². The van der Waals surface area contributed by atoms with Crippen LogP contribution in [0, 0.1) is 13.8 Å². The van der Waals surface area contributed by atoms with Crippen LogP contribution >= 0.6 is 22.9 Å². The number of hydrogen-bond donors (Lipinski definition) is 1. The van der Waals surface area contributed by atoms with Gasteiger partial charge in [-0.1, -0.05) is 11.6 Å². The van der Waals surface area contributed by atoms with Crippen LogP contribution in [0.2, 0.25) is 5.02 Å². The minimum absolute atomic E-state index is 0.101. The number of amides is 1. The number of nitrogens with zero attached hydrogens (tertiary/aromatic N) is 4. The second-order valence-corrected chi connectivity index (χ2v) is 6.38. The van der Waals surface area contributed by atoms with E-state index in [4.69, 9.17) is 11.6 Å². The van der Waals surface area contributed by atoms with E-state index in [2.05, 4.69) is 10.2 Å². The van der Waals surface area contributed by atoms with Gasteiger partial charge in [0.05, 0.1) is 18.1 Å². The molecule has 0 saturated heterocycles. The number of carboxylic acid groups (broad SMARTS) is 1. The molecule has 9 heteroatoms. The van der Waals surface area contributed by atoms with Crippen LogP contribution in [-0.2, 0) is 17.9 Å². The molecule has 3 rings (SSSR count). The van der Waals surface area contributed by atoms with E-state index in [0.29, 0.717) is 21.5 Å². The van der Waals surface area contributed by atoms with Crippen LogP contribution in [0.5, 0.6) is 0 Å². The van der Waals surface area contributed by atoms with Gasteiger partial charge >= 0.3 is 5.97 Å². The maximum absolute atomic E-state index is 12.7. The Bertz CT molecular complexity index is 769. The predicted octanol–water partition coefficient (Wildman–Crippen LogP) is 1.72. The SMILES string of the molecule is Cc1csc(C(=O)N2Cc3nnc(C)n3CC2C(=O)O)c1Cl. The summed E-state index contributed by atoms with van der Waals surface area (Å²) < 4.78 is 1.73. The first kappa shape index (κ1) is 15.0. The van der Waals surface area contributed by atoms with Gasteiger partial charge in [0, 0.05) is 0 Å². The fourth-order valence-corrected chi connectivity index (χ4v) is 3.67. The van der Waals surface area contributed by atoms with E-state index in [-0.39, 0.29) is 19.0 Å². The van der Waals surface area contributed by atoms with E-state index in [1.54, 1.807) is 23.8 Å². The van der Waals surface area contributed by atoms with Gasteiger partial charge in [-0.3, -0.25) is 4.79 Å². The molecule has 2 aromatic heterocycles. The highest BCUT2D eigenvalue weighted by atomic mass is 35.5. The predicted molar refractivity (Wildman–Crippen MR) is 80.1 cm³/mol. The van der Waals surface area contributed by atoms with Crippen molar-refractivity contribution < 1.29 is 14.7 Å². The molecule has 7 nitrogen and oxygen atoms in total. The first-order valence-corrected chi connectivity index (χ1v) is 7.82. The molecule has 0 bridgehead atoms. The van der Waals surface area contributed by atoms with Crippen LogP contribution < -0.4 is 0 Å². The zero-order chi connectivity index (χ0) is 16.0. The molecule has 1 aliphatic heterocycles. The number of aliphatic carboxylic acids is 1. The number of thiophene rings is 1. The van der Waals surface area contributed by atoms with Crippen molar-refractivity contribution in [2.24, 2.45) is 0 Å². The lowest BCUT2D eigenvalue weighted by atomic mass is 10.1. The molecule has 1 aliphatic rings. The molecule has 1 N–H and O–H groups in total. The van der Waals surface area contributed by atoms with Gasteiger partial charge in [0.15, 0.2) is 5.82 Å². The Balaban J connectivity index is 1.99. The monoisotopic (exact) mass is 340 g/mol. The molecule has 22 heavy (non-hydrogen) atoms. The number of aryl methyl sites for hydroxylation is 2. The fraction of sp³-hybridized carbons (Fsp3) is 0.385. The van der Waals surface area contributed by atoms with Gasteiger partial charge in [0.1, 0.15) is 16.7 Å². The first-order chi connectivity index (χ1) is 10.4. The van der Waals surface area contributed by atoms with E-state index in [9.17, 15) is 14.7 Å². The molecule has 0 radical (unpaired) electrons. The number of halogens is 1. The van der Waals surface area contributed by atoms with Crippen molar-refractivity contribution in [2.45, 2.75) is 33.0 Å². The summed E-state index contributed by atoms with van der Waals surface area (Å²) in [7, 11) is 0. The van der Waals surface area contributed by atoms with Crippen molar-refractivity contribution in [2.75, 3.05) is 0 Å². The lowest BCUT2D eigenvalue weighted by Gasteiger charge is -2.33. The Morgan fingerprint density at radius 1 is 1.41 bits per heavy atom. The number of aromatic nitrogens is 3. The van der Waals surface area contributed by atoms with Gasteiger partial charge in [0.2, 0.25) is 0 Å². The molecule has 0 saturated carbocycles. The van der Waals surface area contributed by atoms with Crippen molar-refractivity contribution in [1.82, 2.24) is 19.7 Å². The topological polar surface area (TPSA) is 88.3 Å². The van der Waals surface area contributed by atoms with Crippen LogP contribution in [0.3, 0.4) is 0 Å². The third kappa shape index (κ3) is 2.28. The van der Waals surface area contributed by atoms with Crippen molar-refractivity contribution in [3.05, 3.63) is 32.5 Å². The largest absolute Gasteiger partial charge is 0.480 e. The molecule has 2 aromatic rings. The molecule has 116 valence electrons. The maximum atomic E-state index is 12.7. The lowest BCUT2D eigenvalue weighted by molar-refractivity contribution is -0.143. The Kier molecular flexibility index (Phi) is 3.65. The summed E-state index contributed by atoms with van der Waals surface area (Å²) >= 11 is 7.36. The van der Waals surface area contributed by atoms with Crippen LogP contribution in [0.1, 0.15) is 26.9 Å². The van der Waals surface area contributed by atoms with E-state index >= 15 is 0 Å². The summed E-state index contributed by atoms with van der Waals surface area (Å²) in [6, 6.07) is -0.965. The minimum Gasteiger partial charge on any atom is -0.480 e. The molecular formula is C13H13ClN4O3S. The van der Waals surface area contributed by atoms with E-state index in [1.165, 1.54) is 16.2 Å². The lowest BCUT2D eigenvalue weighted by Crippen LogP contribution is -2.50. The Morgan fingerprint density at radius 2 is 2.14 bits per heavy atom. The maximum Gasteiger partial charge on any atom is 0.328 e. The summed E-state index contributed by atoms with van der Waals surface area (Å²) in [4.78, 5) is 25.9.